The van der Waals surface area contributed by atoms with Gasteiger partial charge < -0.3 is 10.2 Å². The molecule has 0 aliphatic carbocycles. The fraction of sp³-hybridized carbons (Fsp3) is 0.600. The van der Waals surface area contributed by atoms with Crippen LogP contribution in [0.25, 0.3) is 0 Å². The topological polar surface area (TPSA) is 61.4 Å². The minimum Gasteiger partial charge on any atom is -0.382 e. The number of sulfonamides is 1. The van der Waals surface area contributed by atoms with Gasteiger partial charge in [0.1, 0.15) is 0 Å². The van der Waals surface area contributed by atoms with Crippen molar-refractivity contribution in [3.8, 4) is 0 Å². The summed E-state index contributed by atoms with van der Waals surface area (Å²) in [5.74, 6) is 0.630. The molecule has 0 bridgehead atoms. The van der Waals surface area contributed by atoms with Crippen molar-refractivity contribution in [1.29, 1.82) is 0 Å². The Balaban J connectivity index is 2.04. The van der Waals surface area contributed by atoms with Crippen LogP contribution in [-0.2, 0) is 10.0 Å². The van der Waals surface area contributed by atoms with E-state index in [2.05, 4.69) is 28.9 Å². The number of benzene rings is 1. The number of rotatable bonds is 5. The van der Waals surface area contributed by atoms with Crippen molar-refractivity contribution in [2.45, 2.75) is 30.7 Å². The van der Waals surface area contributed by atoms with Crippen LogP contribution in [0.15, 0.2) is 29.2 Å². The van der Waals surface area contributed by atoms with Crippen LogP contribution in [0, 0.1) is 5.92 Å². The quantitative estimate of drug-likeness (QED) is 0.869. The van der Waals surface area contributed by atoms with E-state index in [9.17, 15) is 8.42 Å². The first-order valence-electron chi connectivity index (χ1n) is 7.41. The van der Waals surface area contributed by atoms with Gasteiger partial charge in [0.15, 0.2) is 0 Å². The minimum atomic E-state index is -3.39. The van der Waals surface area contributed by atoms with Gasteiger partial charge in [-0.2, -0.15) is 0 Å². The van der Waals surface area contributed by atoms with E-state index in [4.69, 9.17) is 0 Å². The summed E-state index contributed by atoms with van der Waals surface area (Å²) in [6.07, 6.45) is 2.36. The van der Waals surface area contributed by atoms with E-state index in [0.29, 0.717) is 16.9 Å². The van der Waals surface area contributed by atoms with E-state index in [1.807, 2.05) is 6.07 Å². The average molecular weight is 311 g/mol. The molecule has 5 nitrogen and oxygen atoms in total. The van der Waals surface area contributed by atoms with Gasteiger partial charge in [-0.3, -0.25) is 0 Å². The van der Waals surface area contributed by atoms with Crippen LogP contribution in [0.2, 0.25) is 0 Å². The van der Waals surface area contributed by atoms with E-state index in [0.717, 1.165) is 18.8 Å². The zero-order valence-electron chi connectivity index (χ0n) is 13.0. The Morgan fingerprint density at radius 1 is 1.29 bits per heavy atom. The summed E-state index contributed by atoms with van der Waals surface area (Å²) in [5, 5.41) is 3.45. The molecule has 1 heterocycles. The summed E-state index contributed by atoms with van der Waals surface area (Å²) in [7, 11) is 0.195. The molecule has 0 aromatic heterocycles. The summed E-state index contributed by atoms with van der Waals surface area (Å²) in [6.45, 7) is 4.44. The van der Waals surface area contributed by atoms with Gasteiger partial charge in [-0.15, -0.1) is 0 Å². The fourth-order valence-electron chi connectivity index (χ4n) is 2.78. The van der Waals surface area contributed by atoms with Crippen LogP contribution in [0.3, 0.4) is 0 Å². The maximum Gasteiger partial charge on any atom is 0.240 e. The molecule has 0 spiro atoms. The minimum absolute atomic E-state index is 0.297. The van der Waals surface area contributed by atoms with Crippen molar-refractivity contribution in [2.24, 2.45) is 5.92 Å². The molecule has 1 aliphatic rings. The Labute approximate surface area is 127 Å². The van der Waals surface area contributed by atoms with Gasteiger partial charge in [0, 0.05) is 11.7 Å². The molecule has 1 atom stereocenters. The third-order valence-corrected chi connectivity index (χ3v) is 5.69. The molecule has 1 saturated heterocycles. The lowest BCUT2D eigenvalue weighted by Crippen LogP contribution is -2.37. The molecule has 21 heavy (non-hydrogen) atoms. The lowest BCUT2D eigenvalue weighted by atomic mass is 9.90. The molecule has 0 radical (unpaired) electrons. The summed E-state index contributed by atoms with van der Waals surface area (Å²) in [4.78, 5) is 2.65. The molecule has 1 aromatic rings. The lowest BCUT2D eigenvalue weighted by molar-refractivity contribution is 0.208. The highest BCUT2D eigenvalue weighted by molar-refractivity contribution is 7.89. The normalized spacial score (nSPS) is 19.4. The van der Waals surface area contributed by atoms with Crippen LogP contribution in [0.5, 0.6) is 0 Å². The Kier molecular flexibility index (Phi) is 5.24. The summed E-state index contributed by atoms with van der Waals surface area (Å²) >= 11 is 0. The third-order valence-electron chi connectivity index (χ3n) is 4.28. The van der Waals surface area contributed by atoms with Crippen LogP contribution >= 0.6 is 0 Å². The number of piperidine rings is 1. The van der Waals surface area contributed by atoms with Crippen LogP contribution in [-0.4, -0.2) is 46.5 Å². The highest BCUT2D eigenvalue weighted by Crippen LogP contribution is 2.23. The summed E-state index contributed by atoms with van der Waals surface area (Å²) in [6, 6.07) is 7.33. The second kappa shape index (κ2) is 6.77. The van der Waals surface area contributed by atoms with Crippen LogP contribution in [0.1, 0.15) is 19.8 Å². The maximum absolute atomic E-state index is 11.8. The lowest BCUT2D eigenvalue weighted by Gasteiger charge is -2.33. The van der Waals surface area contributed by atoms with E-state index in [1.54, 1.807) is 18.2 Å². The smallest absolute Gasteiger partial charge is 0.240 e. The predicted octanol–water partition coefficient (Wildman–Crippen LogP) is 1.74. The SMILES string of the molecule is CNS(=O)(=O)c1cccc(NC(C)C2CCN(C)CC2)c1. The van der Waals surface area contributed by atoms with Crippen LogP contribution < -0.4 is 10.0 Å². The number of hydrogen-bond acceptors (Lipinski definition) is 4. The molecular formula is C15H25N3O2S. The van der Waals surface area contributed by atoms with Crippen molar-refractivity contribution >= 4 is 15.7 Å². The van der Waals surface area contributed by atoms with Crippen molar-refractivity contribution in [2.75, 3.05) is 32.5 Å². The standard InChI is InChI=1S/C15H25N3O2S/c1-12(13-7-9-18(3)10-8-13)17-14-5-4-6-15(11-14)21(19,20)16-2/h4-6,11-13,16-17H,7-10H2,1-3H3. The molecular weight excluding hydrogens is 286 g/mol. The Morgan fingerprint density at radius 2 is 1.95 bits per heavy atom. The zero-order valence-corrected chi connectivity index (χ0v) is 13.8. The van der Waals surface area contributed by atoms with E-state index in [-0.39, 0.29) is 0 Å². The maximum atomic E-state index is 11.8. The molecule has 1 fully saturated rings. The van der Waals surface area contributed by atoms with Gasteiger partial charge in [-0.05, 0) is 71.1 Å². The molecule has 1 aliphatic heterocycles. The first kappa shape index (κ1) is 16.3. The monoisotopic (exact) mass is 311 g/mol. The number of anilines is 1. The fourth-order valence-corrected chi connectivity index (χ4v) is 3.56. The van der Waals surface area contributed by atoms with Crippen molar-refractivity contribution in [1.82, 2.24) is 9.62 Å². The molecule has 6 heteroatoms. The molecule has 1 aromatic carbocycles. The van der Waals surface area contributed by atoms with Crippen molar-refractivity contribution in [3.63, 3.8) is 0 Å². The Morgan fingerprint density at radius 3 is 2.57 bits per heavy atom. The average Bonchev–Trinajstić information content (AvgIpc) is 2.48. The molecule has 0 saturated carbocycles. The highest BCUT2D eigenvalue weighted by Gasteiger charge is 2.22. The molecule has 2 rings (SSSR count). The second-order valence-corrected chi connectivity index (χ2v) is 7.70. The van der Waals surface area contributed by atoms with Gasteiger partial charge in [-0.25, -0.2) is 13.1 Å². The summed E-state index contributed by atoms with van der Waals surface area (Å²) < 4.78 is 26.0. The third kappa shape index (κ3) is 4.18. The number of hydrogen-bond donors (Lipinski definition) is 2. The molecule has 1 unspecified atom stereocenters. The second-order valence-electron chi connectivity index (χ2n) is 5.81. The van der Waals surface area contributed by atoms with E-state index >= 15 is 0 Å². The van der Waals surface area contributed by atoms with Gasteiger partial charge in [-0.1, -0.05) is 6.07 Å². The zero-order chi connectivity index (χ0) is 15.5. The van der Waals surface area contributed by atoms with E-state index < -0.39 is 10.0 Å². The Hall–Kier alpha value is -1.11. The number of nitrogens with one attached hydrogen (secondary N) is 2. The van der Waals surface area contributed by atoms with Gasteiger partial charge in [0.2, 0.25) is 10.0 Å². The van der Waals surface area contributed by atoms with Gasteiger partial charge in [0.05, 0.1) is 4.90 Å². The number of likely N-dealkylation sites (tertiary alicyclic amines) is 1. The highest BCUT2D eigenvalue weighted by atomic mass is 32.2. The number of nitrogens with zero attached hydrogens (tertiary/aromatic N) is 1. The predicted molar refractivity (Wildman–Crippen MR) is 86.0 cm³/mol. The molecule has 0 amide bonds. The molecule has 118 valence electrons. The first-order valence-corrected chi connectivity index (χ1v) is 8.89. The first-order chi connectivity index (χ1) is 9.92. The van der Waals surface area contributed by atoms with Crippen LogP contribution in [0.4, 0.5) is 5.69 Å². The molecule has 2 N–H and O–H groups in total. The van der Waals surface area contributed by atoms with Crippen molar-refractivity contribution < 1.29 is 8.42 Å². The van der Waals surface area contributed by atoms with E-state index in [1.165, 1.54) is 19.9 Å². The van der Waals surface area contributed by atoms with Gasteiger partial charge in [0.25, 0.3) is 0 Å². The summed E-state index contributed by atoms with van der Waals surface area (Å²) in [5.41, 5.74) is 0.859. The van der Waals surface area contributed by atoms with Crippen molar-refractivity contribution in [3.05, 3.63) is 24.3 Å². The largest absolute Gasteiger partial charge is 0.382 e. The Bertz CT molecular complexity index is 566. The van der Waals surface area contributed by atoms with Gasteiger partial charge >= 0.3 is 0 Å².